The summed E-state index contributed by atoms with van der Waals surface area (Å²) in [4.78, 5) is 4.37. The van der Waals surface area contributed by atoms with E-state index in [9.17, 15) is 17.4 Å². The van der Waals surface area contributed by atoms with Crippen LogP contribution in [0.25, 0.3) is 0 Å². The highest BCUT2D eigenvalue weighted by molar-refractivity contribution is 7.84. The van der Waals surface area contributed by atoms with Gasteiger partial charge in [-0.05, 0) is 25.1 Å². The summed E-state index contributed by atoms with van der Waals surface area (Å²) >= 11 is 1.43. The Labute approximate surface area is 120 Å². The quantitative estimate of drug-likeness (QED) is 0.882. The molecule has 0 aliphatic rings. The third kappa shape index (κ3) is 3.37. The molecule has 0 saturated heterocycles. The van der Waals surface area contributed by atoms with Gasteiger partial charge in [0, 0.05) is 11.1 Å². The van der Waals surface area contributed by atoms with Crippen LogP contribution in [0.3, 0.4) is 0 Å². The zero-order valence-corrected chi connectivity index (χ0v) is 12.0. The SMILES string of the molecule is Cc1nc(CS(=O)c2ccc(C(F)(F)F)cc2N)cs1. The van der Waals surface area contributed by atoms with Gasteiger partial charge in [0.15, 0.2) is 0 Å². The molecule has 20 heavy (non-hydrogen) atoms. The number of nitrogens with zero attached hydrogens (tertiary/aromatic N) is 1. The molecule has 0 bridgehead atoms. The average Bonchev–Trinajstić information content (AvgIpc) is 2.73. The smallest absolute Gasteiger partial charge is 0.398 e. The molecule has 108 valence electrons. The largest absolute Gasteiger partial charge is 0.416 e. The maximum absolute atomic E-state index is 12.5. The van der Waals surface area contributed by atoms with E-state index in [1.54, 1.807) is 5.38 Å². The van der Waals surface area contributed by atoms with Gasteiger partial charge in [-0.15, -0.1) is 11.3 Å². The third-order valence-corrected chi connectivity index (χ3v) is 4.77. The lowest BCUT2D eigenvalue weighted by Gasteiger charge is -2.10. The van der Waals surface area contributed by atoms with Crippen LogP contribution in [0.4, 0.5) is 18.9 Å². The Balaban J connectivity index is 2.22. The molecule has 1 unspecified atom stereocenters. The molecule has 1 heterocycles. The summed E-state index contributed by atoms with van der Waals surface area (Å²) in [6.45, 7) is 1.82. The highest BCUT2D eigenvalue weighted by atomic mass is 32.2. The maximum Gasteiger partial charge on any atom is 0.416 e. The minimum Gasteiger partial charge on any atom is -0.398 e. The van der Waals surface area contributed by atoms with Crippen molar-refractivity contribution in [1.82, 2.24) is 4.98 Å². The number of anilines is 1. The van der Waals surface area contributed by atoms with Crippen molar-refractivity contribution in [3.63, 3.8) is 0 Å². The van der Waals surface area contributed by atoms with E-state index >= 15 is 0 Å². The lowest BCUT2D eigenvalue weighted by atomic mass is 10.2. The molecule has 2 aromatic rings. The molecule has 2 rings (SSSR count). The number of hydrogen-bond donors (Lipinski definition) is 1. The van der Waals surface area contributed by atoms with Crippen LogP contribution < -0.4 is 5.73 Å². The molecule has 1 aromatic heterocycles. The number of benzene rings is 1. The highest BCUT2D eigenvalue weighted by Crippen LogP contribution is 2.32. The van der Waals surface area contributed by atoms with Crippen molar-refractivity contribution in [3.05, 3.63) is 39.8 Å². The van der Waals surface area contributed by atoms with Gasteiger partial charge in [0.2, 0.25) is 0 Å². The first kappa shape index (κ1) is 15.0. The Morgan fingerprint density at radius 2 is 2.10 bits per heavy atom. The predicted molar refractivity (Wildman–Crippen MR) is 72.8 cm³/mol. The summed E-state index contributed by atoms with van der Waals surface area (Å²) in [6.07, 6.45) is -4.46. The first-order valence-electron chi connectivity index (χ1n) is 5.53. The zero-order chi connectivity index (χ0) is 14.9. The second-order valence-electron chi connectivity index (χ2n) is 4.10. The van der Waals surface area contributed by atoms with Crippen LogP contribution in [0.2, 0.25) is 0 Å². The second kappa shape index (κ2) is 5.53. The summed E-state index contributed by atoms with van der Waals surface area (Å²) in [6, 6.07) is 2.85. The summed E-state index contributed by atoms with van der Waals surface area (Å²) in [5.41, 5.74) is 5.24. The van der Waals surface area contributed by atoms with Gasteiger partial charge < -0.3 is 5.73 Å². The van der Waals surface area contributed by atoms with Crippen molar-refractivity contribution in [2.45, 2.75) is 23.7 Å². The number of thiazole rings is 1. The van der Waals surface area contributed by atoms with Gasteiger partial charge in [0.1, 0.15) is 0 Å². The molecule has 1 aromatic carbocycles. The molecular weight excluding hydrogens is 309 g/mol. The zero-order valence-electron chi connectivity index (χ0n) is 10.4. The van der Waals surface area contributed by atoms with Crippen LogP contribution in [-0.4, -0.2) is 9.19 Å². The minimum absolute atomic E-state index is 0.120. The third-order valence-electron chi connectivity index (χ3n) is 2.53. The molecule has 2 N–H and O–H groups in total. The molecular formula is C12H11F3N2OS2. The van der Waals surface area contributed by atoms with Crippen molar-refractivity contribution in [3.8, 4) is 0 Å². The number of aromatic nitrogens is 1. The number of halogens is 3. The van der Waals surface area contributed by atoms with Gasteiger partial charge in [0.05, 0.1) is 37.7 Å². The van der Waals surface area contributed by atoms with E-state index in [0.29, 0.717) is 5.69 Å². The molecule has 0 spiro atoms. The van der Waals surface area contributed by atoms with Gasteiger partial charge in [-0.1, -0.05) is 0 Å². The van der Waals surface area contributed by atoms with E-state index < -0.39 is 22.5 Å². The molecule has 0 saturated carbocycles. The van der Waals surface area contributed by atoms with Crippen molar-refractivity contribution < 1.29 is 17.4 Å². The number of nitrogen functional groups attached to an aromatic ring is 1. The highest BCUT2D eigenvalue weighted by Gasteiger charge is 2.31. The lowest BCUT2D eigenvalue weighted by molar-refractivity contribution is -0.137. The number of rotatable bonds is 3. The van der Waals surface area contributed by atoms with E-state index in [1.165, 1.54) is 11.3 Å². The first-order valence-corrected chi connectivity index (χ1v) is 7.73. The summed E-state index contributed by atoms with van der Waals surface area (Å²) in [5, 5.41) is 2.62. The van der Waals surface area contributed by atoms with Crippen LogP contribution in [0.1, 0.15) is 16.3 Å². The Morgan fingerprint density at radius 3 is 2.60 bits per heavy atom. The monoisotopic (exact) mass is 320 g/mol. The van der Waals surface area contributed by atoms with Crippen molar-refractivity contribution in [2.75, 3.05) is 5.73 Å². The van der Waals surface area contributed by atoms with E-state index in [4.69, 9.17) is 5.73 Å². The Hall–Kier alpha value is -1.41. The Morgan fingerprint density at radius 1 is 1.40 bits per heavy atom. The lowest BCUT2D eigenvalue weighted by Crippen LogP contribution is -2.08. The fourth-order valence-corrected chi connectivity index (χ4v) is 3.45. The molecule has 0 aliphatic carbocycles. The molecule has 0 amide bonds. The van der Waals surface area contributed by atoms with Crippen LogP contribution in [-0.2, 0) is 22.7 Å². The fraction of sp³-hybridized carbons (Fsp3) is 0.250. The van der Waals surface area contributed by atoms with Crippen molar-refractivity contribution in [2.24, 2.45) is 0 Å². The van der Waals surface area contributed by atoms with Gasteiger partial charge in [-0.3, -0.25) is 4.21 Å². The molecule has 1 atom stereocenters. The summed E-state index contributed by atoms with van der Waals surface area (Å²) < 4.78 is 49.7. The predicted octanol–water partition coefficient (Wildman–Crippen LogP) is 3.36. The van der Waals surface area contributed by atoms with Gasteiger partial charge in [-0.25, -0.2) is 4.98 Å². The number of alkyl halides is 3. The topological polar surface area (TPSA) is 56.0 Å². The normalized spacial score (nSPS) is 13.4. The number of nitrogens with two attached hydrogens (primary N) is 1. The van der Waals surface area contributed by atoms with Crippen molar-refractivity contribution >= 4 is 27.8 Å². The second-order valence-corrected chi connectivity index (χ2v) is 6.58. The number of hydrogen-bond acceptors (Lipinski definition) is 4. The first-order chi connectivity index (χ1) is 9.27. The van der Waals surface area contributed by atoms with E-state index in [0.717, 1.165) is 23.2 Å². The molecule has 0 aliphatic heterocycles. The van der Waals surface area contributed by atoms with Crippen LogP contribution in [0.15, 0.2) is 28.5 Å². The van der Waals surface area contributed by atoms with E-state index in [2.05, 4.69) is 4.98 Å². The van der Waals surface area contributed by atoms with Crippen LogP contribution in [0, 0.1) is 6.92 Å². The van der Waals surface area contributed by atoms with Crippen LogP contribution >= 0.6 is 11.3 Å². The molecule has 0 fully saturated rings. The maximum atomic E-state index is 12.5. The van der Waals surface area contributed by atoms with Gasteiger partial charge in [0.25, 0.3) is 0 Å². The standard InChI is InChI=1S/C12H11F3N2OS2/c1-7-17-9(5-19-7)6-20(18)11-3-2-8(4-10(11)16)12(13,14)15/h2-5H,6,16H2,1H3. The average molecular weight is 320 g/mol. The molecule has 3 nitrogen and oxygen atoms in total. The van der Waals surface area contributed by atoms with E-state index in [1.807, 2.05) is 6.92 Å². The molecule has 8 heteroatoms. The Kier molecular flexibility index (Phi) is 4.14. The Bertz CT molecular complexity index is 652. The van der Waals surface area contributed by atoms with E-state index in [-0.39, 0.29) is 16.3 Å². The number of aryl methyl sites for hydroxylation is 1. The van der Waals surface area contributed by atoms with Crippen molar-refractivity contribution in [1.29, 1.82) is 0 Å². The molecule has 0 radical (unpaired) electrons. The van der Waals surface area contributed by atoms with Gasteiger partial charge >= 0.3 is 6.18 Å². The fourth-order valence-electron chi connectivity index (χ4n) is 1.62. The van der Waals surface area contributed by atoms with Crippen LogP contribution in [0.5, 0.6) is 0 Å². The van der Waals surface area contributed by atoms with Gasteiger partial charge in [-0.2, -0.15) is 13.2 Å². The minimum atomic E-state index is -4.46. The summed E-state index contributed by atoms with van der Waals surface area (Å²) in [7, 11) is -1.52. The summed E-state index contributed by atoms with van der Waals surface area (Å²) in [5.74, 6) is 0.139.